The average molecular weight is 676 g/mol. The molecule has 0 amide bonds. The van der Waals surface area contributed by atoms with E-state index in [2.05, 4.69) is 229 Å². The van der Waals surface area contributed by atoms with E-state index in [9.17, 15) is 0 Å². The highest BCUT2D eigenvalue weighted by atomic mass is 15.1. The van der Waals surface area contributed by atoms with E-state index in [0.717, 1.165) is 17.1 Å². The van der Waals surface area contributed by atoms with Crippen LogP contribution in [0.5, 0.6) is 0 Å². The molecule has 9 aromatic rings. The Morgan fingerprint density at radius 1 is 0.189 bits per heavy atom. The topological polar surface area (TPSA) is 3.24 Å². The number of hydrogen-bond donors (Lipinski definition) is 0. The highest BCUT2D eigenvalue weighted by Crippen LogP contribution is 2.39. The van der Waals surface area contributed by atoms with Crippen LogP contribution in [0.1, 0.15) is 0 Å². The van der Waals surface area contributed by atoms with Crippen molar-refractivity contribution in [3.63, 3.8) is 0 Å². The predicted molar refractivity (Wildman–Crippen MR) is 226 cm³/mol. The molecule has 1 nitrogen and oxygen atoms in total. The minimum Gasteiger partial charge on any atom is -0.310 e. The normalized spacial score (nSPS) is 11.0. The Kier molecular flexibility index (Phi) is 8.66. The van der Waals surface area contributed by atoms with Crippen molar-refractivity contribution in [3.8, 4) is 55.6 Å². The second kappa shape index (κ2) is 14.3. The number of hydrogen-bond acceptors (Lipinski definition) is 1. The molecule has 0 saturated heterocycles. The molecule has 0 aliphatic rings. The van der Waals surface area contributed by atoms with Crippen LogP contribution in [0.2, 0.25) is 0 Å². The van der Waals surface area contributed by atoms with E-state index < -0.39 is 0 Å². The molecule has 9 rings (SSSR count). The molecule has 0 unspecified atom stereocenters. The summed E-state index contributed by atoms with van der Waals surface area (Å²) in [5.74, 6) is 0. The lowest BCUT2D eigenvalue weighted by atomic mass is 9.96. The molecule has 250 valence electrons. The van der Waals surface area contributed by atoms with Crippen LogP contribution in [-0.4, -0.2) is 0 Å². The van der Waals surface area contributed by atoms with E-state index in [1.807, 2.05) is 0 Å². The fraction of sp³-hybridized carbons (Fsp3) is 0. The average Bonchev–Trinajstić information content (AvgIpc) is 3.25. The molecule has 53 heavy (non-hydrogen) atoms. The predicted octanol–water partition coefficient (Wildman–Crippen LogP) is 14.6. The van der Waals surface area contributed by atoms with Crippen molar-refractivity contribution in [3.05, 3.63) is 224 Å². The summed E-state index contributed by atoms with van der Waals surface area (Å²) in [6.45, 7) is 0. The molecule has 9 aromatic carbocycles. The zero-order valence-electron chi connectivity index (χ0n) is 29.3. The van der Waals surface area contributed by atoms with Gasteiger partial charge in [0.25, 0.3) is 0 Å². The van der Waals surface area contributed by atoms with Crippen molar-refractivity contribution in [2.24, 2.45) is 0 Å². The molecular formula is C52H37N. The highest BCUT2D eigenvalue weighted by molar-refractivity contribution is 5.88. The van der Waals surface area contributed by atoms with Gasteiger partial charge in [-0.05, 0) is 115 Å². The van der Waals surface area contributed by atoms with E-state index in [0.29, 0.717) is 0 Å². The van der Waals surface area contributed by atoms with Gasteiger partial charge in [-0.1, -0.05) is 176 Å². The summed E-state index contributed by atoms with van der Waals surface area (Å²) in [6, 6.07) is 80.8. The van der Waals surface area contributed by atoms with Crippen molar-refractivity contribution < 1.29 is 0 Å². The van der Waals surface area contributed by atoms with Crippen LogP contribution in [0.4, 0.5) is 17.1 Å². The van der Waals surface area contributed by atoms with Gasteiger partial charge >= 0.3 is 0 Å². The summed E-state index contributed by atoms with van der Waals surface area (Å²) < 4.78 is 0. The van der Waals surface area contributed by atoms with E-state index in [1.54, 1.807) is 0 Å². The molecule has 0 fully saturated rings. The fourth-order valence-electron chi connectivity index (χ4n) is 7.26. The molecule has 0 radical (unpaired) electrons. The molecule has 0 N–H and O–H groups in total. The molecular weight excluding hydrogens is 639 g/mol. The van der Waals surface area contributed by atoms with Gasteiger partial charge in [0.05, 0.1) is 0 Å². The number of rotatable bonds is 8. The molecule has 0 heterocycles. The number of benzene rings is 9. The van der Waals surface area contributed by atoms with Crippen molar-refractivity contribution in [2.75, 3.05) is 4.90 Å². The maximum absolute atomic E-state index is 2.36. The van der Waals surface area contributed by atoms with E-state index in [-0.39, 0.29) is 0 Å². The Bertz CT molecular complexity index is 2560. The molecule has 0 aliphatic carbocycles. The molecule has 0 aliphatic heterocycles. The number of fused-ring (bicyclic) bond motifs is 1. The van der Waals surface area contributed by atoms with Gasteiger partial charge in [-0.3, -0.25) is 0 Å². The van der Waals surface area contributed by atoms with Gasteiger partial charge in [0.15, 0.2) is 0 Å². The second-order valence-corrected chi connectivity index (χ2v) is 13.4. The Morgan fingerprint density at radius 2 is 0.547 bits per heavy atom. The van der Waals surface area contributed by atoms with Gasteiger partial charge < -0.3 is 4.90 Å². The quantitative estimate of drug-likeness (QED) is 0.155. The second-order valence-electron chi connectivity index (χ2n) is 13.4. The lowest BCUT2D eigenvalue weighted by Crippen LogP contribution is -2.10. The number of nitrogens with zero attached hydrogens (tertiary/aromatic N) is 1. The molecule has 0 saturated carbocycles. The van der Waals surface area contributed by atoms with E-state index in [1.165, 1.54) is 66.4 Å². The van der Waals surface area contributed by atoms with Crippen molar-refractivity contribution in [1.82, 2.24) is 0 Å². The smallest absolute Gasteiger partial charge is 0.0467 e. The van der Waals surface area contributed by atoms with Crippen LogP contribution >= 0.6 is 0 Å². The van der Waals surface area contributed by atoms with E-state index in [4.69, 9.17) is 0 Å². The monoisotopic (exact) mass is 675 g/mol. The summed E-state index contributed by atoms with van der Waals surface area (Å²) in [5, 5.41) is 2.52. The van der Waals surface area contributed by atoms with Gasteiger partial charge in [0.1, 0.15) is 0 Å². The lowest BCUT2D eigenvalue weighted by Gasteiger charge is -2.27. The van der Waals surface area contributed by atoms with Crippen LogP contribution in [-0.2, 0) is 0 Å². The van der Waals surface area contributed by atoms with Crippen LogP contribution < -0.4 is 4.90 Å². The van der Waals surface area contributed by atoms with Gasteiger partial charge in [-0.25, -0.2) is 0 Å². The first-order valence-electron chi connectivity index (χ1n) is 18.2. The first-order chi connectivity index (χ1) is 26.2. The van der Waals surface area contributed by atoms with Crippen molar-refractivity contribution >= 4 is 27.8 Å². The first-order valence-corrected chi connectivity index (χ1v) is 18.2. The Labute approximate surface area is 311 Å². The Balaban J connectivity index is 1.03. The summed E-state index contributed by atoms with van der Waals surface area (Å²) in [4.78, 5) is 2.36. The van der Waals surface area contributed by atoms with Crippen LogP contribution in [0.15, 0.2) is 224 Å². The van der Waals surface area contributed by atoms with E-state index >= 15 is 0 Å². The van der Waals surface area contributed by atoms with Crippen LogP contribution in [0.3, 0.4) is 0 Å². The SMILES string of the molecule is c1ccc(-c2cccc(N(c3ccc(-c4ccc(-c5cccc(-c6ccc7ccccc7c6)c5)cc4)cc3)c3cccc(-c4ccccc4)c3)c2)cc1. The van der Waals surface area contributed by atoms with Crippen molar-refractivity contribution in [1.29, 1.82) is 0 Å². The Morgan fingerprint density at radius 3 is 1.11 bits per heavy atom. The van der Waals surface area contributed by atoms with Gasteiger partial charge in [-0.15, -0.1) is 0 Å². The standard InChI is InChI=1S/C52H37N/c1-3-12-38(13-4-1)47-20-10-22-51(36-47)53(52-23-11-21-48(37-52)39-14-5-2-6-15-39)50-32-30-42(31-33-50)41-24-26-43(27-25-41)45-18-9-19-46(34-45)49-29-28-40-16-7-8-17-44(40)35-49/h1-37H. The van der Waals surface area contributed by atoms with Crippen LogP contribution in [0.25, 0.3) is 66.4 Å². The zero-order chi connectivity index (χ0) is 35.4. The van der Waals surface area contributed by atoms with Crippen LogP contribution in [0, 0.1) is 0 Å². The Hall–Kier alpha value is -6.96. The van der Waals surface area contributed by atoms with Gasteiger partial charge in [0.2, 0.25) is 0 Å². The molecule has 0 bridgehead atoms. The summed E-state index contributed by atoms with van der Waals surface area (Å²) in [7, 11) is 0. The van der Waals surface area contributed by atoms with Crippen molar-refractivity contribution in [2.45, 2.75) is 0 Å². The molecule has 1 heteroatoms. The maximum atomic E-state index is 2.36. The molecule has 0 aromatic heterocycles. The van der Waals surface area contributed by atoms with Gasteiger partial charge in [0, 0.05) is 17.1 Å². The third kappa shape index (κ3) is 6.77. The summed E-state index contributed by atoms with van der Waals surface area (Å²) >= 11 is 0. The lowest BCUT2D eigenvalue weighted by molar-refractivity contribution is 1.28. The maximum Gasteiger partial charge on any atom is 0.0467 e. The number of anilines is 3. The third-order valence-electron chi connectivity index (χ3n) is 10.0. The molecule has 0 spiro atoms. The zero-order valence-corrected chi connectivity index (χ0v) is 29.3. The summed E-state index contributed by atoms with van der Waals surface area (Å²) in [6.07, 6.45) is 0. The highest BCUT2D eigenvalue weighted by Gasteiger charge is 2.15. The fourth-order valence-corrected chi connectivity index (χ4v) is 7.26. The first kappa shape index (κ1) is 32.0. The third-order valence-corrected chi connectivity index (χ3v) is 10.0. The largest absolute Gasteiger partial charge is 0.310 e. The summed E-state index contributed by atoms with van der Waals surface area (Å²) in [5.41, 5.74) is 15.3. The molecule has 0 atom stereocenters. The minimum atomic E-state index is 1.10. The van der Waals surface area contributed by atoms with Gasteiger partial charge in [-0.2, -0.15) is 0 Å². The minimum absolute atomic E-state index is 1.10.